The fraction of sp³-hybridized carbons (Fsp3) is 0.125. The summed E-state index contributed by atoms with van der Waals surface area (Å²) in [4.78, 5) is 25.0. The van der Waals surface area contributed by atoms with E-state index in [4.69, 9.17) is 8.94 Å². The fourth-order valence-corrected chi connectivity index (χ4v) is 4.88. The van der Waals surface area contributed by atoms with Crippen LogP contribution in [0.25, 0.3) is 11.0 Å². The molecule has 1 aliphatic heterocycles. The van der Waals surface area contributed by atoms with Gasteiger partial charge in [-0.3, -0.25) is 4.79 Å². The van der Waals surface area contributed by atoms with Gasteiger partial charge in [0.1, 0.15) is 17.0 Å². The molecule has 3 aromatic carbocycles. The monoisotopic (exact) mass is 435 g/mol. The molecule has 7 heteroatoms. The summed E-state index contributed by atoms with van der Waals surface area (Å²) in [6, 6.07) is 24.2. The van der Waals surface area contributed by atoms with Gasteiger partial charge in [0.05, 0.1) is 11.9 Å². The van der Waals surface area contributed by atoms with E-state index in [1.54, 1.807) is 36.4 Å². The van der Waals surface area contributed by atoms with Gasteiger partial charge in [-0.05, 0) is 24.6 Å². The summed E-state index contributed by atoms with van der Waals surface area (Å²) in [7, 11) is -4.47. The molecule has 2 atom stereocenters. The molecular formula is C24H22NO5P. The van der Waals surface area contributed by atoms with Crippen LogP contribution in [0.4, 0.5) is 0 Å². The molecule has 0 saturated carbocycles. The third-order valence-electron chi connectivity index (χ3n) is 5.04. The van der Waals surface area contributed by atoms with Crippen LogP contribution in [-0.2, 0) is 15.6 Å². The Morgan fingerprint density at radius 2 is 1.65 bits per heavy atom. The van der Waals surface area contributed by atoms with E-state index in [0.29, 0.717) is 11.1 Å². The lowest BCUT2D eigenvalue weighted by Gasteiger charge is -2.17. The molecule has 0 aliphatic carbocycles. The third-order valence-corrected chi connectivity index (χ3v) is 6.50. The van der Waals surface area contributed by atoms with Gasteiger partial charge in [-0.1, -0.05) is 72.3 Å². The number of quaternary nitrogens is 1. The molecular weight excluding hydrogens is 413 g/mol. The van der Waals surface area contributed by atoms with Crippen LogP contribution in [0.3, 0.4) is 0 Å². The maximum Gasteiger partial charge on any atom is 0.204 e. The Morgan fingerprint density at radius 1 is 1.00 bits per heavy atom. The highest BCUT2D eigenvalue weighted by atomic mass is 31.2. The van der Waals surface area contributed by atoms with Gasteiger partial charge in [0.25, 0.3) is 0 Å². The molecule has 158 valence electrons. The van der Waals surface area contributed by atoms with Crippen LogP contribution in [0.15, 0.2) is 88.1 Å². The highest BCUT2D eigenvalue weighted by Crippen LogP contribution is 2.51. The predicted molar refractivity (Wildman–Crippen MR) is 117 cm³/mol. The predicted octanol–water partition coefficient (Wildman–Crippen LogP) is 2.83. The second kappa shape index (κ2) is 8.61. The van der Waals surface area contributed by atoms with Crippen molar-refractivity contribution < 1.29 is 24.1 Å². The fourth-order valence-electron chi connectivity index (χ4n) is 3.48. The van der Waals surface area contributed by atoms with Gasteiger partial charge < -0.3 is 24.1 Å². The van der Waals surface area contributed by atoms with Crippen LogP contribution in [0.2, 0.25) is 0 Å². The maximum absolute atomic E-state index is 12.7. The average molecular weight is 435 g/mol. The summed E-state index contributed by atoms with van der Waals surface area (Å²) >= 11 is 0. The zero-order valence-corrected chi connectivity index (χ0v) is 17.9. The van der Waals surface area contributed by atoms with Crippen LogP contribution >= 0.6 is 7.60 Å². The molecule has 3 N–H and O–H groups in total. The number of rotatable bonds is 2. The summed E-state index contributed by atoms with van der Waals surface area (Å²) < 4.78 is 23.3. The van der Waals surface area contributed by atoms with E-state index in [1.165, 1.54) is 5.56 Å². The second-order valence-electron chi connectivity index (χ2n) is 7.27. The van der Waals surface area contributed by atoms with E-state index in [2.05, 4.69) is 17.9 Å². The van der Waals surface area contributed by atoms with Gasteiger partial charge in [0.15, 0.2) is 13.4 Å². The van der Waals surface area contributed by atoms with E-state index in [-0.39, 0.29) is 16.5 Å². The van der Waals surface area contributed by atoms with Crippen LogP contribution in [0.5, 0.6) is 0 Å². The molecule has 0 fully saturated rings. The first kappa shape index (κ1) is 21.2. The van der Waals surface area contributed by atoms with Gasteiger partial charge in [0, 0.05) is 5.56 Å². The molecule has 0 spiro atoms. The summed E-state index contributed by atoms with van der Waals surface area (Å²) in [5.41, 5.74) is 6.31. The lowest BCUT2D eigenvalue weighted by Crippen LogP contribution is -2.47. The third kappa shape index (κ3) is 4.24. The van der Waals surface area contributed by atoms with Gasteiger partial charge in [-0.25, -0.2) is 0 Å². The normalized spacial score (nSPS) is 19.5. The smallest absolute Gasteiger partial charge is 0.204 e. The first-order chi connectivity index (χ1) is 14.9. The van der Waals surface area contributed by atoms with Crippen LogP contribution in [0.1, 0.15) is 28.6 Å². The molecule has 0 saturated heterocycles. The van der Waals surface area contributed by atoms with Crippen molar-refractivity contribution in [3.05, 3.63) is 112 Å². The Kier molecular flexibility index (Phi) is 5.90. The van der Waals surface area contributed by atoms with Gasteiger partial charge in [-0.15, -0.1) is 0 Å². The molecule has 1 aromatic heterocycles. The maximum atomic E-state index is 12.7. The summed E-state index contributed by atoms with van der Waals surface area (Å²) in [6.07, 6.45) is -0.923. The zero-order valence-electron chi connectivity index (χ0n) is 17.0. The summed E-state index contributed by atoms with van der Waals surface area (Å²) in [6.45, 7) is 2.72. The van der Waals surface area contributed by atoms with E-state index < -0.39 is 19.1 Å². The largest absolute Gasteiger partial charge is 0.775 e. The van der Waals surface area contributed by atoms with Crippen molar-refractivity contribution in [3.63, 3.8) is 0 Å². The van der Waals surface area contributed by atoms with E-state index in [1.807, 2.05) is 37.3 Å². The molecule has 0 radical (unpaired) electrons. The molecule has 6 nitrogen and oxygen atoms in total. The first-order valence-corrected chi connectivity index (χ1v) is 11.4. The highest BCUT2D eigenvalue weighted by molar-refractivity contribution is 7.60. The number of fused-ring (bicyclic) bond motifs is 2. The topological polar surface area (TPSA) is 107 Å². The molecule has 0 amide bonds. The summed E-state index contributed by atoms with van der Waals surface area (Å²) in [5, 5.41) is -0.124. The van der Waals surface area contributed by atoms with Crippen molar-refractivity contribution in [2.24, 2.45) is 0 Å². The molecule has 4 aromatic rings. The molecule has 0 bridgehead atoms. The first-order valence-electron chi connectivity index (χ1n) is 9.86. The lowest BCUT2D eigenvalue weighted by atomic mass is 10.1. The van der Waals surface area contributed by atoms with Crippen molar-refractivity contribution in [2.45, 2.75) is 19.6 Å². The van der Waals surface area contributed by atoms with Crippen molar-refractivity contribution in [1.29, 1.82) is 0 Å². The Labute approximate surface area is 179 Å². The van der Waals surface area contributed by atoms with Crippen LogP contribution in [-0.4, -0.2) is 0 Å². The van der Waals surface area contributed by atoms with Gasteiger partial charge >= 0.3 is 0 Å². The highest BCUT2D eigenvalue weighted by Gasteiger charge is 2.40. The minimum Gasteiger partial charge on any atom is -0.775 e. The Hall–Kier alpha value is -3.02. The quantitative estimate of drug-likeness (QED) is 0.487. The molecule has 2 unspecified atom stereocenters. The molecule has 31 heavy (non-hydrogen) atoms. The average Bonchev–Trinajstić information content (AvgIpc) is 3.06. The Balaban J connectivity index is 0.000000245. The second-order valence-corrected chi connectivity index (χ2v) is 8.93. The zero-order chi connectivity index (χ0) is 22.0. The van der Waals surface area contributed by atoms with E-state index in [0.717, 1.165) is 12.1 Å². The molecule has 1 aliphatic rings. The Bertz CT molecular complexity index is 1320. The van der Waals surface area contributed by atoms with E-state index >= 15 is 0 Å². The number of benzene rings is 3. The van der Waals surface area contributed by atoms with Gasteiger partial charge in [0.2, 0.25) is 5.43 Å². The summed E-state index contributed by atoms with van der Waals surface area (Å²) in [5.74, 6) is 0.0517. The molecule has 2 heterocycles. The van der Waals surface area contributed by atoms with Crippen molar-refractivity contribution in [2.75, 3.05) is 0 Å². The van der Waals surface area contributed by atoms with Crippen LogP contribution < -0.4 is 21.4 Å². The van der Waals surface area contributed by atoms with E-state index in [9.17, 15) is 14.3 Å². The minimum atomic E-state index is -4.47. The lowest BCUT2D eigenvalue weighted by molar-refractivity contribution is -0.386. The SMILES string of the molecule is Cc1ccc2oc3c(c(=O)c2c1)P(=O)([O-])OC3c1ccccc1.[NH3+]Cc1ccccc1. The van der Waals surface area contributed by atoms with Crippen molar-refractivity contribution >= 4 is 23.9 Å². The van der Waals surface area contributed by atoms with Crippen LogP contribution in [0, 0.1) is 6.92 Å². The minimum absolute atomic E-state index is 0.0517. The van der Waals surface area contributed by atoms with Crippen molar-refractivity contribution in [3.8, 4) is 0 Å². The standard InChI is InChI=1S/C17H13O5P.C7H9N/c1-10-7-8-13-12(9-10)14(18)17-16(21-13)15(22-23(17,19)20)11-5-3-2-4-6-11;8-6-7-4-2-1-3-5-7/h2-9,15H,1H3,(H,19,20);1-5H,6,8H2. The Morgan fingerprint density at radius 3 is 2.26 bits per heavy atom. The van der Waals surface area contributed by atoms with Gasteiger partial charge in [-0.2, -0.15) is 0 Å². The van der Waals surface area contributed by atoms with Crippen molar-refractivity contribution in [1.82, 2.24) is 0 Å². The molecule has 5 rings (SSSR count). The number of hydrogen-bond acceptors (Lipinski definition) is 5. The number of hydrogen-bond donors (Lipinski definition) is 1. The number of aryl methyl sites for hydroxylation is 1.